The highest BCUT2D eigenvalue weighted by atomic mass is 19.1. The van der Waals surface area contributed by atoms with Crippen LogP contribution in [0.1, 0.15) is 36.4 Å². The van der Waals surface area contributed by atoms with E-state index in [2.05, 4.69) is 5.32 Å². The summed E-state index contributed by atoms with van der Waals surface area (Å²) in [5, 5.41) is 3.30. The molecule has 1 fully saturated rings. The van der Waals surface area contributed by atoms with Gasteiger partial charge >= 0.3 is 0 Å². The Bertz CT molecular complexity index is 765. The largest absolute Gasteiger partial charge is 0.496 e. The minimum Gasteiger partial charge on any atom is -0.496 e. The van der Waals surface area contributed by atoms with Crippen LogP contribution in [0.3, 0.4) is 0 Å². The lowest BCUT2D eigenvalue weighted by Gasteiger charge is -2.37. The van der Waals surface area contributed by atoms with Gasteiger partial charge in [-0.2, -0.15) is 0 Å². The minimum absolute atomic E-state index is 0.0432. The predicted octanol–water partition coefficient (Wildman–Crippen LogP) is 3.50. The number of hydrogen-bond acceptors (Lipinski definition) is 3. The zero-order valence-electron chi connectivity index (χ0n) is 15.2. The Morgan fingerprint density at radius 2 is 2.12 bits per heavy atom. The lowest BCUT2D eigenvalue weighted by Crippen LogP contribution is -2.48. The van der Waals surface area contributed by atoms with Gasteiger partial charge in [-0.3, -0.25) is 4.79 Å². The van der Waals surface area contributed by atoms with Crippen molar-refractivity contribution in [2.45, 2.75) is 25.3 Å². The number of carbonyl (C=O) groups excluding carboxylic acids is 1. The number of rotatable bonds is 5. The van der Waals surface area contributed by atoms with Crippen molar-refractivity contribution in [3.8, 4) is 5.75 Å². The van der Waals surface area contributed by atoms with Crippen molar-refractivity contribution >= 4 is 5.91 Å². The number of carbonyl (C=O) groups is 1. The van der Waals surface area contributed by atoms with Crippen LogP contribution >= 0.6 is 0 Å². The Kier molecular flexibility index (Phi) is 5.89. The molecule has 1 saturated heterocycles. The van der Waals surface area contributed by atoms with Crippen LogP contribution in [0.4, 0.5) is 4.39 Å². The maximum atomic E-state index is 13.6. The summed E-state index contributed by atoms with van der Waals surface area (Å²) in [6, 6.07) is 14.2. The first-order valence-corrected chi connectivity index (χ1v) is 8.98. The highest BCUT2D eigenvalue weighted by molar-refractivity contribution is 5.78. The minimum atomic E-state index is -0.275. The molecule has 0 saturated carbocycles. The van der Waals surface area contributed by atoms with Gasteiger partial charge in [-0.15, -0.1) is 0 Å². The summed E-state index contributed by atoms with van der Waals surface area (Å²) in [7, 11) is 1.64. The van der Waals surface area contributed by atoms with Crippen molar-refractivity contribution in [2.24, 2.45) is 0 Å². The van der Waals surface area contributed by atoms with E-state index in [1.54, 1.807) is 13.2 Å². The van der Waals surface area contributed by atoms with Crippen LogP contribution in [0.5, 0.6) is 5.75 Å². The smallest absolute Gasteiger partial charge is 0.223 e. The van der Waals surface area contributed by atoms with E-state index in [1.165, 1.54) is 12.1 Å². The van der Waals surface area contributed by atoms with E-state index in [-0.39, 0.29) is 23.7 Å². The zero-order chi connectivity index (χ0) is 18.5. The predicted molar refractivity (Wildman–Crippen MR) is 99.7 cm³/mol. The highest BCUT2D eigenvalue weighted by Gasteiger charge is 2.29. The molecule has 0 bridgehead atoms. The molecule has 0 radical (unpaired) electrons. The van der Waals surface area contributed by atoms with E-state index in [0.717, 1.165) is 23.4 Å². The Labute approximate surface area is 154 Å². The monoisotopic (exact) mass is 356 g/mol. The number of nitrogens with one attached hydrogen (secondary N) is 1. The maximum Gasteiger partial charge on any atom is 0.223 e. The molecule has 5 heteroatoms. The summed E-state index contributed by atoms with van der Waals surface area (Å²) in [5.74, 6) is 0.651. The molecule has 4 nitrogen and oxygen atoms in total. The average molecular weight is 356 g/mol. The van der Waals surface area contributed by atoms with Crippen molar-refractivity contribution in [3.05, 3.63) is 65.5 Å². The highest BCUT2D eigenvalue weighted by Crippen LogP contribution is 2.31. The maximum absolute atomic E-state index is 13.6. The van der Waals surface area contributed by atoms with E-state index < -0.39 is 0 Å². The molecule has 1 amide bonds. The third kappa shape index (κ3) is 4.05. The molecule has 1 heterocycles. The molecular weight excluding hydrogens is 331 g/mol. The second kappa shape index (κ2) is 8.32. The molecule has 2 unspecified atom stereocenters. The number of halogens is 1. The Morgan fingerprint density at radius 3 is 2.88 bits per heavy atom. The van der Waals surface area contributed by atoms with E-state index >= 15 is 0 Å². The Balaban J connectivity index is 1.76. The molecule has 3 rings (SSSR count). The van der Waals surface area contributed by atoms with Crippen molar-refractivity contribution in [1.29, 1.82) is 0 Å². The molecule has 2 aromatic rings. The van der Waals surface area contributed by atoms with Gasteiger partial charge in [0.05, 0.1) is 13.2 Å². The zero-order valence-corrected chi connectivity index (χ0v) is 15.2. The molecule has 0 aliphatic carbocycles. The van der Waals surface area contributed by atoms with Crippen LogP contribution in [-0.2, 0) is 4.79 Å². The van der Waals surface area contributed by atoms with E-state index in [9.17, 15) is 9.18 Å². The van der Waals surface area contributed by atoms with Gasteiger partial charge in [0.2, 0.25) is 5.91 Å². The SMILES string of the molecule is COc1ccccc1C(C)CC(=O)N1CCNCC1c1cccc(F)c1. The quantitative estimate of drug-likeness (QED) is 0.891. The van der Waals surface area contributed by atoms with E-state index in [1.807, 2.05) is 42.2 Å². The molecule has 0 spiro atoms. The van der Waals surface area contributed by atoms with E-state index in [0.29, 0.717) is 19.5 Å². The lowest BCUT2D eigenvalue weighted by molar-refractivity contribution is -0.134. The number of piperazine rings is 1. The molecule has 138 valence electrons. The van der Waals surface area contributed by atoms with Gasteiger partial charge in [0, 0.05) is 26.1 Å². The molecule has 0 aromatic heterocycles. The molecule has 1 aliphatic rings. The summed E-state index contributed by atoms with van der Waals surface area (Å²) in [5.41, 5.74) is 1.86. The molecule has 2 aromatic carbocycles. The van der Waals surface area contributed by atoms with Gasteiger partial charge in [-0.05, 0) is 35.2 Å². The van der Waals surface area contributed by atoms with Crippen LogP contribution in [0, 0.1) is 5.82 Å². The second-order valence-electron chi connectivity index (χ2n) is 6.71. The summed E-state index contributed by atoms with van der Waals surface area (Å²) < 4.78 is 19.0. The summed E-state index contributed by atoms with van der Waals surface area (Å²) in [4.78, 5) is 14.9. The molecule has 1 N–H and O–H groups in total. The standard InChI is InChI=1S/C21H25FN2O2/c1-15(18-8-3-4-9-20(18)26-2)12-21(25)24-11-10-23-14-19(24)16-6-5-7-17(22)13-16/h3-9,13,15,19,23H,10-12,14H2,1-2H3. The van der Waals surface area contributed by atoms with Gasteiger partial charge in [-0.1, -0.05) is 37.3 Å². The fourth-order valence-electron chi connectivity index (χ4n) is 3.58. The average Bonchev–Trinajstić information content (AvgIpc) is 2.67. The van der Waals surface area contributed by atoms with E-state index in [4.69, 9.17) is 4.74 Å². The fraction of sp³-hybridized carbons (Fsp3) is 0.381. The van der Waals surface area contributed by atoms with Crippen molar-refractivity contribution in [2.75, 3.05) is 26.7 Å². The Hall–Kier alpha value is -2.40. The fourth-order valence-corrected chi connectivity index (χ4v) is 3.58. The summed E-state index contributed by atoms with van der Waals surface area (Å²) in [6.07, 6.45) is 0.395. The molecule has 2 atom stereocenters. The first-order chi connectivity index (χ1) is 12.6. The Morgan fingerprint density at radius 1 is 1.31 bits per heavy atom. The van der Waals surface area contributed by atoms with Gasteiger partial charge in [0.1, 0.15) is 11.6 Å². The first kappa shape index (κ1) is 18.4. The van der Waals surface area contributed by atoms with Crippen LogP contribution in [-0.4, -0.2) is 37.6 Å². The number of nitrogens with zero attached hydrogens (tertiary/aromatic N) is 1. The molecule has 1 aliphatic heterocycles. The number of benzene rings is 2. The van der Waals surface area contributed by atoms with Crippen LogP contribution in [0.25, 0.3) is 0 Å². The van der Waals surface area contributed by atoms with Gasteiger partial charge in [0.25, 0.3) is 0 Å². The topological polar surface area (TPSA) is 41.6 Å². The second-order valence-corrected chi connectivity index (χ2v) is 6.71. The molecular formula is C21H25FN2O2. The third-order valence-electron chi connectivity index (χ3n) is 4.95. The lowest BCUT2D eigenvalue weighted by atomic mass is 9.95. The number of amides is 1. The van der Waals surface area contributed by atoms with Crippen molar-refractivity contribution in [1.82, 2.24) is 10.2 Å². The number of methoxy groups -OCH3 is 1. The first-order valence-electron chi connectivity index (χ1n) is 8.98. The number of hydrogen-bond donors (Lipinski definition) is 1. The van der Waals surface area contributed by atoms with Crippen molar-refractivity contribution < 1.29 is 13.9 Å². The summed E-state index contributed by atoms with van der Waals surface area (Å²) >= 11 is 0. The molecule has 26 heavy (non-hydrogen) atoms. The van der Waals surface area contributed by atoms with Gasteiger partial charge in [-0.25, -0.2) is 4.39 Å². The third-order valence-corrected chi connectivity index (χ3v) is 4.95. The number of para-hydroxylation sites is 1. The number of ether oxygens (including phenoxy) is 1. The summed E-state index contributed by atoms with van der Waals surface area (Å²) in [6.45, 7) is 4.05. The van der Waals surface area contributed by atoms with Gasteiger partial charge in [0.15, 0.2) is 0 Å². The van der Waals surface area contributed by atoms with Crippen molar-refractivity contribution in [3.63, 3.8) is 0 Å². The van der Waals surface area contributed by atoms with Crippen LogP contribution in [0.15, 0.2) is 48.5 Å². The van der Waals surface area contributed by atoms with Crippen LogP contribution < -0.4 is 10.1 Å². The normalized spacial score (nSPS) is 18.4. The van der Waals surface area contributed by atoms with Crippen LogP contribution in [0.2, 0.25) is 0 Å². The van der Waals surface area contributed by atoms with Gasteiger partial charge < -0.3 is 15.0 Å².